The standard InChI is InChI=1S/C14H18S/c1-5-10-6-7-11-9-13(14(2,3)4)15-12(11)8-10/h6-9H,5H2,1-4H3. The van der Waals surface area contributed by atoms with Crippen LogP contribution in [0.4, 0.5) is 0 Å². The van der Waals surface area contributed by atoms with Crippen molar-refractivity contribution >= 4 is 21.4 Å². The van der Waals surface area contributed by atoms with E-state index in [1.165, 1.54) is 20.5 Å². The average molecular weight is 218 g/mol. The van der Waals surface area contributed by atoms with Gasteiger partial charge in [-0.15, -0.1) is 11.3 Å². The zero-order chi connectivity index (χ0) is 11.1. The maximum atomic E-state index is 2.33. The van der Waals surface area contributed by atoms with Gasteiger partial charge >= 0.3 is 0 Å². The first-order valence-corrected chi connectivity index (χ1v) is 6.35. The van der Waals surface area contributed by atoms with E-state index in [1.807, 2.05) is 11.3 Å². The SMILES string of the molecule is CCc1ccc2cc(C(C)(C)C)sc2c1. The summed E-state index contributed by atoms with van der Waals surface area (Å²) in [4.78, 5) is 1.48. The van der Waals surface area contributed by atoms with Crippen LogP contribution >= 0.6 is 11.3 Å². The van der Waals surface area contributed by atoms with Gasteiger partial charge in [0.2, 0.25) is 0 Å². The van der Waals surface area contributed by atoms with E-state index in [-0.39, 0.29) is 5.41 Å². The van der Waals surface area contributed by atoms with Gasteiger partial charge in [-0.3, -0.25) is 0 Å². The van der Waals surface area contributed by atoms with Gasteiger partial charge in [0.05, 0.1) is 0 Å². The minimum Gasteiger partial charge on any atom is -0.140 e. The third-order valence-corrected chi connectivity index (χ3v) is 4.26. The van der Waals surface area contributed by atoms with Crippen molar-refractivity contribution < 1.29 is 0 Å². The Morgan fingerprint density at radius 2 is 1.87 bits per heavy atom. The second kappa shape index (κ2) is 3.64. The summed E-state index contributed by atoms with van der Waals surface area (Å²) in [6, 6.07) is 9.15. The summed E-state index contributed by atoms with van der Waals surface area (Å²) < 4.78 is 1.43. The molecule has 0 radical (unpaired) electrons. The Morgan fingerprint density at radius 3 is 2.47 bits per heavy atom. The number of hydrogen-bond donors (Lipinski definition) is 0. The van der Waals surface area contributed by atoms with Crippen LogP contribution in [0.15, 0.2) is 24.3 Å². The van der Waals surface area contributed by atoms with Crippen molar-refractivity contribution in [1.82, 2.24) is 0 Å². The van der Waals surface area contributed by atoms with Gasteiger partial charge in [0.1, 0.15) is 0 Å². The number of hydrogen-bond acceptors (Lipinski definition) is 1. The fraction of sp³-hybridized carbons (Fsp3) is 0.429. The number of aryl methyl sites for hydroxylation is 1. The van der Waals surface area contributed by atoms with Crippen LogP contribution in [-0.4, -0.2) is 0 Å². The molecule has 0 amide bonds. The molecule has 1 heteroatoms. The van der Waals surface area contributed by atoms with Crippen molar-refractivity contribution in [2.45, 2.75) is 39.5 Å². The molecular weight excluding hydrogens is 200 g/mol. The molecule has 0 saturated heterocycles. The van der Waals surface area contributed by atoms with Crippen LogP contribution in [0.2, 0.25) is 0 Å². The highest BCUT2D eigenvalue weighted by molar-refractivity contribution is 7.19. The van der Waals surface area contributed by atoms with Crippen molar-refractivity contribution in [3.8, 4) is 0 Å². The predicted molar refractivity (Wildman–Crippen MR) is 69.9 cm³/mol. The van der Waals surface area contributed by atoms with Gasteiger partial charge in [0.15, 0.2) is 0 Å². The Bertz CT molecular complexity index is 472. The third kappa shape index (κ3) is 2.07. The summed E-state index contributed by atoms with van der Waals surface area (Å²) in [5.74, 6) is 0. The molecule has 0 fully saturated rings. The molecule has 2 rings (SSSR count). The van der Waals surface area contributed by atoms with Gasteiger partial charge in [0.25, 0.3) is 0 Å². The summed E-state index contributed by atoms with van der Waals surface area (Å²) in [7, 11) is 0. The first kappa shape index (κ1) is 10.7. The van der Waals surface area contributed by atoms with Gasteiger partial charge in [-0.2, -0.15) is 0 Å². The quantitative estimate of drug-likeness (QED) is 0.647. The van der Waals surface area contributed by atoms with E-state index in [9.17, 15) is 0 Å². The highest BCUT2D eigenvalue weighted by Gasteiger charge is 2.16. The van der Waals surface area contributed by atoms with Crippen molar-refractivity contribution in [2.75, 3.05) is 0 Å². The van der Waals surface area contributed by atoms with Gasteiger partial charge in [-0.05, 0) is 34.9 Å². The van der Waals surface area contributed by atoms with Crippen LogP contribution in [-0.2, 0) is 11.8 Å². The largest absolute Gasteiger partial charge is 0.140 e. The maximum Gasteiger partial charge on any atom is 0.0348 e. The summed E-state index contributed by atoms with van der Waals surface area (Å²) in [5.41, 5.74) is 1.71. The van der Waals surface area contributed by atoms with E-state index in [1.54, 1.807) is 0 Å². The molecule has 2 aromatic rings. The minimum absolute atomic E-state index is 0.274. The van der Waals surface area contributed by atoms with E-state index in [0.29, 0.717) is 0 Å². The lowest BCUT2D eigenvalue weighted by Gasteiger charge is -2.14. The predicted octanol–water partition coefficient (Wildman–Crippen LogP) is 4.76. The summed E-state index contributed by atoms with van der Waals surface area (Å²) in [6.07, 6.45) is 1.12. The molecule has 15 heavy (non-hydrogen) atoms. The topological polar surface area (TPSA) is 0 Å². The Morgan fingerprint density at radius 1 is 1.13 bits per heavy atom. The number of thiophene rings is 1. The van der Waals surface area contributed by atoms with E-state index >= 15 is 0 Å². The van der Waals surface area contributed by atoms with Crippen LogP contribution in [0, 0.1) is 0 Å². The molecule has 0 N–H and O–H groups in total. The molecule has 0 aliphatic carbocycles. The van der Waals surface area contributed by atoms with Crippen molar-refractivity contribution in [2.24, 2.45) is 0 Å². The molecule has 80 valence electrons. The second-order valence-electron chi connectivity index (χ2n) is 5.09. The van der Waals surface area contributed by atoms with Crippen LogP contribution in [0.5, 0.6) is 0 Å². The van der Waals surface area contributed by atoms with Crippen molar-refractivity contribution in [3.63, 3.8) is 0 Å². The summed E-state index contributed by atoms with van der Waals surface area (Å²) >= 11 is 1.93. The first-order chi connectivity index (χ1) is 7.00. The Hall–Kier alpha value is -0.820. The molecule has 0 nitrogen and oxygen atoms in total. The lowest BCUT2D eigenvalue weighted by atomic mass is 9.94. The van der Waals surface area contributed by atoms with E-state index in [0.717, 1.165) is 6.42 Å². The second-order valence-corrected chi connectivity index (χ2v) is 6.17. The smallest absolute Gasteiger partial charge is 0.0348 e. The zero-order valence-corrected chi connectivity index (χ0v) is 10.7. The Labute approximate surface area is 95.9 Å². The molecule has 0 aliphatic rings. The minimum atomic E-state index is 0.274. The highest BCUT2D eigenvalue weighted by atomic mass is 32.1. The average Bonchev–Trinajstić information content (AvgIpc) is 2.59. The molecule has 1 aromatic carbocycles. The summed E-state index contributed by atoms with van der Waals surface area (Å²) in [5, 5.41) is 1.39. The van der Waals surface area contributed by atoms with Gasteiger partial charge in [0, 0.05) is 9.58 Å². The number of rotatable bonds is 1. The van der Waals surface area contributed by atoms with E-state index in [2.05, 4.69) is 52.0 Å². The van der Waals surface area contributed by atoms with Crippen LogP contribution in [0.25, 0.3) is 10.1 Å². The van der Waals surface area contributed by atoms with E-state index < -0.39 is 0 Å². The van der Waals surface area contributed by atoms with Crippen LogP contribution in [0.3, 0.4) is 0 Å². The molecular formula is C14H18S. The monoisotopic (exact) mass is 218 g/mol. The van der Waals surface area contributed by atoms with Crippen LogP contribution in [0.1, 0.15) is 38.1 Å². The first-order valence-electron chi connectivity index (χ1n) is 5.53. The highest BCUT2D eigenvalue weighted by Crippen LogP contribution is 2.34. The molecule has 0 atom stereocenters. The Balaban J connectivity index is 2.56. The fourth-order valence-electron chi connectivity index (χ4n) is 1.67. The normalized spacial score (nSPS) is 12.3. The lowest BCUT2D eigenvalue weighted by Crippen LogP contribution is -2.07. The molecule has 1 aromatic heterocycles. The van der Waals surface area contributed by atoms with Crippen molar-refractivity contribution in [1.29, 1.82) is 0 Å². The van der Waals surface area contributed by atoms with Crippen LogP contribution < -0.4 is 0 Å². The number of benzene rings is 1. The van der Waals surface area contributed by atoms with Crippen molar-refractivity contribution in [3.05, 3.63) is 34.7 Å². The third-order valence-electron chi connectivity index (χ3n) is 2.73. The molecule has 0 spiro atoms. The fourth-order valence-corrected chi connectivity index (χ4v) is 2.85. The molecule has 0 unspecified atom stereocenters. The Kier molecular flexibility index (Phi) is 2.59. The molecule has 1 heterocycles. The molecule has 0 aliphatic heterocycles. The lowest BCUT2D eigenvalue weighted by molar-refractivity contribution is 0.604. The van der Waals surface area contributed by atoms with Gasteiger partial charge in [-0.25, -0.2) is 0 Å². The molecule has 0 saturated carbocycles. The van der Waals surface area contributed by atoms with E-state index in [4.69, 9.17) is 0 Å². The maximum absolute atomic E-state index is 2.33. The van der Waals surface area contributed by atoms with Gasteiger partial charge < -0.3 is 0 Å². The zero-order valence-electron chi connectivity index (χ0n) is 9.92. The van der Waals surface area contributed by atoms with Gasteiger partial charge in [-0.1, -0.05) is 39.8 Å². The summed E-state index contributed by atoms with van der Waals surface area (Å²) in [6.45, 7) is 9.04. The number of fused-ring (bicyclic) bond motifs is 1. The molecule has 0 bridgehead atoms.